The molecule has 0 heterocycles. The van der Waals surface area contributed by atoms with Gasteiger partial charge in [0, 0.05) is 24.3 Å². The smallest absolute Gasteiger partial charge is 0.319 e. The molecular formula is C17H24ClN3O4. The minimum Gasteiger partial charge on any atom is -0.481 e. The number of carbonyl (C=O) groups is 3. The van der Waals surface area contributed by atoms with Crippen molar-refractivity contribution >= 4 is 35.2 Å². The second-order valence-corrected chi connectivity index (χ2v) is 6.96. The zero-order chi connectivity index (χ0) is 19.2. The van der Waals surface area contributed by atoms with Gasteiger partial charge in [0.1, 0.15) is 0 Å². The van der Waals surface area contributed by atoms with Gasteiger partial charge in [0.05, 0.1) is 17.0 Å². The van der Waals surface area contributed by atoms with E-state index in [0.29, 0.717) is 12.2 Å². The van der Waals surface area contributed by atoms with Gasteiger partial charge in [0.15, 0.2) is 0 Å². The Morgan fingerprint density at radius 3 is 2.40 bits per heavy atom. The maximum absolute atomic E-state index is 12.6. The van der Waals surface area contributed by atoms with Crippen molar-refractivity contribution in [3.05, 3.63) is 28.8 Å². The number of carbonyl (C=O) groups excluding carboxylic acids is 2. The first-order valence-electron chi connectivity index (χ1n) is 7.93. The van der Waals surface area contributed by atoms with Crippen molar-refractivity contribution in [1.82, 2.24) is 10.2 Å². The van der Waals surface area contributed by atoms with Gasteiger partial charge in [-0.2, -0.15) is 0 Å². The van der Waals surface area contributed by atoms with Crippen LogP contribution in [0.5, 0.6) is 0 Å². The average Bonchev–Trinajstić information content (AvgIpc) is 2.47. The monoisotopic (exact) mass is 369 g/mol. The van der Waals surface area contributed by atoms with Crippen molar-refractivity contribution in [3.63, 3.8) is 0 Å². The summed E-state index contributed by atoms with van der Waals surface area (Å²) in [5.74, 6) is -1.36. The van der Waals surface area contributed by atoms with Crippen molar-refractivity contribution in [2.24, 2.45) is 0 Å². The Morgan fingerprint density at radius 2 is 1.88 bits per heavy atom. The molecule has 0 unspecified atom stereocenters. The molecule has 0 saturated carbocycles. The molecule has 8 heteroatoms. The first-order chi connectivity index (χ1) is 11.5. The van der Waals surface area contributed by atoms with Gasteiger partial charge >= 0.3 is 12.0 Å². The number of carboxylic acid groups (broad SMARTS) is 1. The molecule has 0 atom stereocenters. The van der Waals surface area contributed by atoms with E-state index in [1.807, 2.05) is 20.8 Å². The molecule has 0 radical (unpaired) electrons. The Kier molecular flexibility index (Phi) is 7.23. The van der Waals surface area contributed by atoms with Gasteiger partial charge in [-0.1, -0.05) is 11.6 Å². The molecule has 0 aliphatic heterocycles. The fraction of sp³-hybridized carbons (Fsp3) is 0.471. The number of urea groups is 1. The van der Waals surface area contributed by atoms with Gasteiger partial charge in [-0.25, -0.2) is 4.79 Å². The van der Waals surface area contributed by atoms with Crippen molar-refractivity contribution in [2.45, 2.75) is 39.7 Å². The van der Waals surface area contributed by atoms with Gasteiger partial charge in [-0.15, -0.1) is 0 Å². The lowest BCUT2D eigenvalue weighted by atomic mass is 10.1. The third-order valence-corrected chi connectivity index (χ3v) is 3.54. The molecule has 0 fully saturated rings. The highest BCUT2D eigenvalue weighted by molar-refractivity contribution is 6.34. The lowest BCUT2D eigenvalue weighted by molar-refractivity contribution is -0.137. The van der Waals surface area contributed by atoms with Crippen molar-refractivity contribution in [3.8, 4) is 0 Å². The maximum atomic E-state index is 12.6. The van der Waals surface area contributed by atoms with Crippen LogP contribution in [0, 0.1) is 0 Å². The van der Waals surface area contributed by atoms with Crippen LogP contribution < -0.4 is 10.6 Å². The number of benzene rings is 1. The molecule has 0 spiro atoms. The summed E-state index contributed by atoms with van der Waals surface area (Å²) in [7, 11) is 0. The van der Waals surface area contributed by atoms with Gasteiger partial charge < -0.3 is 20.6 Å². The predicted molar refractivity (Wildman–Crippen MR) is 97.2 cm³/mol. The van der Waals surface area contributed by atoms with E-state index >= 15 is 0 Å². The van der Waals surface area contributed by atoms with E-state index in [1.165, 1.54) is 17.0 Å². The summed E-state index contributed by atoms with van der Waals surface area (Å²) >= 11 is 6.11. The second kappa shape index (κ2) is 8.71. The first kappa shape index (κ1) is 20.8. The number of rotatable bonds is 6. The van der Waals surface area contributed by atoms with Crippen LogP contribution in [0.3, 0.4) is 0 Å². The second-order valence-electron chi connectivity index (χ2n) is 6.55. The summed E-state index contributed by atoms with van der Waals surface area (Å²) in [6.45, 7) is 7.75. The molecule has 0 bridgehead atoms. The summed E-state index contributed by atoms with van der Waals surface area (Å²) in [5.41, 5.74) is 0.233. The standard InChI is InChI=1S/C17H24ClN3O4/c1-5-21(9-8-14(22)23)15(24)12-10-11(6-7-13(12)18)19-16(25)20-17(2,3)4/h6-7,10H,5,8-9H2,1-4H3,(H,22,23)(H2,19,20,25). The predicted octanol–water partition coefficient (Wildman–Crippen LogP) is 3.20. The van der Waals surface area contributed by atoms with E-state index in [0.717, 1.165) is 0 Å². The Hall–Kier alpha value is -2.28. The number of amides is 3. The number of anilines is 1. The fourth-order valence-electron chi connectivity index (χ4n) is 2.07. The van der Waals surface area contributed by atoms with E-state index < -0.39 is 17.5 Å². The normalized spacial score (nSPS) is 10.9. The third kappa shape index (κ3) is 7.01. The SMILES string of the molecule is CCN(CCC(=O)O)C(=O)c1cc(NC(=O)NC(C)(C)C)ccc1Cl. The molecule has 1 aromatic carbocycles. The molecule has 3 N–H and O–H groups in total. The third-order valence-electron chi connectivity index (χ3n) is 3.21. The highest BCUT2D eigenvalue weighted by Crippen LogP contribution is 2.22. The van der Waals surface area contributed by atoms with E-state index in [4.69, 9.17) is 16.7 Å². The molecule has 1 rings (SSSR count). The highest BCUT2D eigenvalue weighted by atomic mass is 35.5. The molecule has 138 valence electrons. The molecule has 7 nitrogen and oxygen atoms in total. The number of hydrogen-bond donors (Lipinski definition) is 3. The largest absolute Gasteiger partial charge is 0.481 e. The number of hydrogen-bond acceptors (Lipinski definition) is 3. The van der Waals surface area contributed by atoms with Gasteiger partial charge in [-0.3, -0.25) is 9.59 Å². The lowest BCUT2D eigenvalue weighted by Crippen LogP contribution is -2.43. The van der Waals surface area contributed by atoms with Crippen LogP contribution in [0.1, 0.15) is 44.5 Å². The van der Waals surface area contributed by atoms with Crippen molar-refractivity contribution < 1.29 is 19.5 Å². The van der Waals surface area contributed by atoms with E-state index in [9.17, 15) is 14.4 Å². The highest BCUT2D eigenvalue weighted by Gasteiger charge is 2.19. The first-order valence-corrected chi connectivity index (χ1v) is 8.31. The summed E-state index contributed by atoms with van der Waals surface area (Å²) < 4.78 is 0. The van der Waals surface area contributed by atoms with Crippen LogP contribution in [0.25, 0.3) is 0 Å². The van der Waals surface area contributed by atoms with Crippen LogP contribution in [0.15, 0.2) is 18.2 Å². The van der Waals surface area contributed by atoms with Crippen LogP contribution >= 0.6 is 11.6 Å². The molecule has 0 aliphatic carbocycles. The topological polar surface area (TPSA) is 98.7 Å². The summed E-state index contributed by atoms with van der Waals surface area (Å²) in [6, 6.07) is 4.20. The Labute approximate surface area is 152 Å². The molecule has 0 saturated heterocycles. The van der Waals surface area contributed by atoms with Crippen LogP contribution in [-0.2, 0) is 4.79 Å². The van der Waals surface area contributed by atoms with Gasteiger partial charge in [-0.05, 0) is 45.9 Å². The number of nitrogens with zero attached hydrogens (tertiary/aromatic N) is 1. The molecule has 0 aliphatic rings. The molecule has 0 aromatic heterocycles. The average molecular weight is 370 g/mol. The van der Waals surface area contributed by atoms with Gasteiger partial charge in [0.2, 0.25) is 0 Å². The zero-order valence-corrected chi connectivity index (χ0v) is 15.6. The van der Waals surface area contributed by atoms with Crippen LogP contribution in [0.4, 0.5) is 10.5 Å². The summed E-state index contributed by atoms with van der Waals surface area (Å²) in [6.07, 6.45) is -0.150. The fourth-order valence-corrected chi connectivity index (χ4v) is 2.27. The van der Waals surface area contributed by atoms with Gasteiger partial charge in [0.25, 0.3) is 5.91 Å². The summed E-state index contributed by atoms with van der Waals surface area (Å²) in [5, 5.41) is 14.4. The van der Waals surface area contributed by atoms with Crippen LogP contribution in [-0.4, -0.2) is 46.5 Å². The Morgan fingerprint density at radius 1 is 1.24 bits per heavy atom. The minimum absolute atomic E-state index is 0.0865. The number of aliphatic carboxylic acids is 1. The van der Waals surface area contributed by atoms with E-state index in [1.54, 1.807) is 13.0 Å². The molecule has 25 heavy (non-hydrogen) atoms. The van der Waals surface area contributed by atoms with E-state index in [2.05, 4.69) is 10.6 Å². The number of nitrogens with one attached hydrogen (secondary N) is 2. The van der Waals surface area contributed by atoms with Crippen molar-refractivity contribution in [1.29, 1.82) is 0 Å². The van der Waals surface area contributed by atoms with E-state index in [-0.39, 0.29) is 29.5 Å². The Balaban J connectivity index is 2.94. The maximum Gasteiger partial charge on any atom is 0.319 e. The summed E-state index contributed by atoms with van der Waals surface area (Å²) in [4.78, 5) is 36.7. The van der Waals surface area contributed by atoms with Crippen LogP contribution in [0.2, 0.25) is 5.02 Å². The number of halogens is 1. The molecular weight excluding hydrogens is 346 g/mol. The lowest BCUT2D eigenvalue weighted by Gasteiger charge is -2.22. The minimum atomic E-state index is -0.980. The zero-order valence-electron chi connectivity index (χ0n) is 14.9. The molecule has 1 aromatic rings. The molecule has 3 amide bonds. The van der Waals surface area contributed by atoms with Crippen molar-refractivity contribution in [2.75, 3.05) is 18.4 Å². The Bertz CT molecular complexity index is 656. The number of carboxylic acids is 1. The quantitative estimate of drug-likeness (QED) is 0.717.